The summed E-state index contributed by atoms with van der Waals surface area (Å²) in [5.41, 5.74) is 1.06. The van der Waals surface area contributed by atoms with Crippen molar-refractivity contribution < 1.29 is 0 Å². The van der Waals surface area contributed by atoms with Crippen LogP contribution in [0.25, 0.3) is 11.4 Å². The largest absolute Gasteiger partial charge is 0.369 e. The number of rotatable bonds is 6. The summed E-state index contributed by atoms with van der Waals surface area (Å²) in [5, 5.41) is 3.43. The van der Waals surface area contributed by atoms with Gasteiger partial charge in [0.1, 0.15) is 11.6 Å². The Morgan fingerprint density at radius 1 is 1.09 bits per heavy atom. The molecule has 1 aliphatic heterocycles. The Balaban J connectivity index is 1.87. The average Bonchev–Trinajstić information content (AvgIpc) is 3.10. The van der Waals surface area contributed by atoms with Crippen LogP contribution in [0.15, 0.2) is 36.4 Å². The van der Waals surface area contributed by atoms with Crippen molar-refractivity contribution in [1.82, 2.24) is 14.9 Å². The fourth-order valence-corrected chi connectivity index (χ4v) is 2.76. The molecule has 0 amide bonds. The van der Waals surface area contributed by atoms with Gasteiger partial charge >= 0.3 is 0 Å². The van der Waals surface area contributed by atoms with E-state index in [-0.39, 0.29) is 0 Å². The van der Waals surface area contributed by atoms with E-state index in [1.807, 2.05) is 18.2 Å². The summed E-state index contributed by atoms with van der Waals surface area (Å²) in [7, 11) is 4.15. The van der Waals surface area contributed by atoms with Gasteiger partial charge in [-0.2, -0.15) is 0 Å². The van der Waals surface area contributed by atoms with Gasteiger partial charge in [-0.1, -0.05) is 30.3 Å². The van der Waals surface area contributed by atoms with Crippen LogP contribution in [0.2, 0.25) is 0 Å². The third kappa shape index (κ3) is 4.20. The van der Waals surface area contributed by atoms with Crippen molar-refractivity contribution in [3.8, 4) is 11.4 Å². The Morgan fingerprint density at radius 3 is 2.52 bits per heavy atom. The number of aromatic nitrogens is 2. The molecule has 1 N–H and O–H groups in total. The Morgan fingerprint density at radius 2 is 1.83 bits per heavy atom. The minimum atomic E-state index is 0.794. The first-order valence-electron chi connectivity index (χ1n) is 8.30. The molecule has 1 fully saturated rings. The maximum atomic E-state index is 4.79. The molecule has 5 nitrogen and oxygen atoms in total. The van der Waals surface area contributed by atoms with Gasteiger partial charge in [-0.25, -0.2) is 9.97 Å². The van der Waals surface area contributed by atoms with Crippen LogP contribution in [0.1, 0.15) is 12.8 Å². The maximum absolute atomic E-state index is 4.79. The predicted molar refractivity (Wildman–Crippen MR) is 96.0 cm³/mol. The summed E-state index contributed by atoms with van der Waals surface area (Å²) in [6, 6.07) is 12.3. The second-order valence-corrected chi connectivity index (χ2v) is 6.23. The summed E-state index contributed by atoms with van der Waals surface area (Å²) >= 11 is 0. The molecule has 0 spiro atoms. The molecule has 0 saturated carbocycles. The lowest BCUT2D eigenvalue weighted by atomic mass is 10.2. The first-order chi connectivity index (χ1) is 11.2. The fourth-order valence-electron chi connectivity index (χ4n) is 2.76. The van der Waals surface area contributed by atoms with Crippen LogP contribution in [-0.2, 0) is 0 Å². The van der Waals surface area contributed by atoms with Crippen molar-refractivity contribution >= 4 is 11.6 Å². The quantitative estimate of drug-likeness (QED) is 0.888. The molecule has 1 aromatic carbocycles. The van der Waals surface area contributed by atoms with E-state index in [1.165, 1.54) is 12.8 Å². The van der Waals surface area contributed by atoms with Gasteiger partial charge in [0.15, 0.2) is 5.82 Å². The van der Waals surface area contributed by atoms with Crippen LogP contribution in [0.5, 0.6) is 0 Å². The van der Waals surface area contributed by atoms with Crippen molar-refractivity contribution in [2.45, 2.75) is 12.8 Å². The first-order valence-corrected chi connectivity index (χ1v) is 8.30. The van der Waals surface area contributed by atoms with Gasteiger partial charge in [0, 0.05) is 37.8 Å². The van der Waals surface area contributed by atoms with Crippen LogP contribution in [0, 0.1) is 0 Å². The van der Waals surface area contributed by atoms with E-state index in [9.17, 15) is 0 Å². The number of likely N-dealkylation sites (N-methyl/N-ethyl adjacent to an activating group) is 1. The predicted octanol–water partition coefficient (Wildman–Crippen LogP) is 2.72. The van der Waals surface area contributed by atoms with Crippen molar-refractivity contribution in [3.63, 3.8) is 0 Å². The van der Waals surface area contributed by atoms with Gasteiger partial charge in [0.05, 0.1) is 0 Å². The zero-order valence-corrected chi connectivity index (χ0v) is 14.0. The molecule has 0 aliphatic carbocycles. The van der Waals surface area contributed by atoms with Gasteiger partial charge in [-0.3, -0.25) is 0 Å². The smallest absolute Gasteiger partial charge is 0.163 e. The molecule has 2 heterocycles. The number of nitrogens with one attached hydrogen (secondary N) is 1. The van der Waals surface area contributed by atoms with Crippen LogP contribution in [0.3, 0.4) is 0 Å². The molecule has 5 heteroatoms. The van der Waals surface area contributed by atoms with Crippen LogP contribution in [0.4, 0.5) is 11.6 Å². The molecule has 2 aromatic rings. The standard InChI is InChI=1S/C18H25N5/c1-22(2)13-10-19-16-14-17(23-11-6-7-12-23)21-18(20-16)15-8-4-3-5-9-15/h3-5,8-9,14H,6-7,10-13H2,1-2H3,(H,19,20,21). The zero-order valence-electron chi connectivity index (χ0n) is 14.0. The average molecular weight is 311 g/mol. The molecule has 23 heavy (non-hydrogen) atoms. The zero-order chi connectivity index (χ0) is 16.1. The van der Waals surface area contributed by atoms with Gasteiger partial charge in [0.2, 0.25) is 0 Å². The maximum Gasteiger partial charge on any atom is 0.163 e. The fraction of sp³-hybridized carbons (Fsp3) is 0.444. The Labute approximate surface area is 138 Å². The van der Waals surface area contributed by atoms with E-state index in [1.54, 1.807) is 0 Å². The van der Waals surface area contributed by atoms with Crippen LogP contribution >= 0.6 is 0 Å². The molecule has 1 aliphatic rings. The van der Waals surface area contributed by atoms with Gasteiger partial charge in [0.25, 0.3) is 0 Å². The number of benzene rings is 1. The molecule has 122 valence electrons. The summed E-state index contributed by atoms with van der Waals surface area (Å²) in [6.45, 7) is 4.02. The van der Waals surface area contributed by atoms with Gasteiger partial charge < -0.3 is 15.1 Å². The van der Waals surface area contributed by atoms with E-state index in [2.05, 4.69) is 47.4 Å². The lowest BCUT2D eigenvalue weighted by Gasteiger charge is -2.19. The molecule has 0 radical (unpaired) electrons. The Bertz CT molecular complexity index is 621. The van der Waals surface area contributed by atoms with E-state index in [0.717, 1.165) is 49.2 Å². The second kappa shape index (κ2) is 7.42. The molecular weight excluding hydrogens is 286 g/mol. The molecule has 0 unspecified atom stereocenters. The first kappa shape index (κ1) is 15.7. The highest BCUT2D eigenvalue weighted by Crippen LogP contribution is 2.24. The summed E-state index contributed by atoms with van der Waals surface area (Å²) in [4.78, 5) is 14.0. The normalized spacial score (nSPS) is 14.5. The van der Waals surface area contributed by atoms with Crippen molar-refractivity contribution in [1.29, 1.82) is 0 Å². The number of hydrogen-bond acceptors (Lipinski definition) is 5. The van der Waals surface area contributed by atoms with Crippen LogP contribution in [-0.4, -0.2) is 55.1 Å². The monoisotopic (exact) mass is 311 g/mol. The molecule has 0 bridgehead atoms. The van der Waals surface area contributed by atoms with Crippen molar-refractivity contribution in [3.05, 3.63) is 36.4 Å². The molecule has 3 rings (SSSR count). The highest BCUT2D eigenvalue weighted by Gasteiger charge is 2.16. The minimum Gasteiger partial charge on any atom is -0.369 e. The van der Waals surface area contributed by atoms with Gasteiger partial charge in [-0.05, 0) is 26.9 Å². The number of nitrogens with zero attached hydrogens (tertiary/aromatic N) is 4. The third-order valence-electron chi connectivity index (χ3n) is 4.04. The minimum absolute atomic E-state index is 0.794. The van der Waals surface area contributed by atoms with Crippen molar-refractivity contribution in [2.24, 2.45) is 0 Å². The molecular formula is C18H25N5. The molecule has 1 aromatic heterocycles. The topological polar surface area (TPSA) is 44.3 Å². The summed E-state index contributed by atoms with van der Waals surface area (Å²) in [6.07, 6.45) is 2.49. The van der Waals surface area contributed by atoms with Gasteiger partial charge in [-0.15, -0.1) is 0 Å². The molecule has 0 atom stereocenters. The Hall–Kier alpha value is -2.14. The van der Waals surface area contributed by atoms with E-state index in [0.29, 0.717) is 0 Å². The van der Waals surface area contributed by atoms with E-state index in [4.69, 9.17) is 9.97 Å². The highest BCUT2D eigenvalue weighted by atomic mass is 15.2. The summed E-state index contributed by atoms with van der Waals surface area (Å²) < 4.78 is 0. The lowest BCUT2D eigenvalue weighted by Crippen LogP contribution is -2.22. The SMILES string of the molecule is CN(C)CCNc1cc(N2CCCC2)nc(-c2ccccc2)n1. The third-order valence-corrected chi connectivity index (χ3v) is 4.04. The second-order valence-electron chi connectivity index (χ2n) is 6.23. The van der Waals surface area contributed by atoms with Crippen molar-refractivity contribution in [2.75, 3.05) is 50.5 Å². The van der Waals surface area contributed by atoms with E-state index < -0.39 is 0 Å². The summed E-state index contributed by atoms with van der Waals surface area (Å²) in [5.74, 6) is 2.73. The molecule has 1 saturated heterocycles. The van der Waals surface area contributed by atoms with Crippen LogP contribution < -0.4 is 10.2 Å². The number of hydrogen-bond donors (Lipinski definition) is 1. The lowest BCUT2D eigenvalue weighted by molar-refractivity contribution is 0.425. The number of anilines is 2. The van der Waals surface area contributed by atoms with E-state index >= 15 is 0 Å². The Kier molecular flexibility index (Phi) is 5.08. The highest BCUT2D eigenvalue weighted by molar-refractivity contribution is 5.61.